The van der Waals surface area contributed by atoms with Gasteiger partial charge < -0.3 is 15.2 Å². The van der Waals surface area contributed by atoms with Crippen LogP contribution in [0.5, 0.6) is 0 Å². The Morgan fingerprint density at radius 3 is 2.88 bits per heavy atom. The highest BCUT2D eigenvalue weighted by Crippen LogP contribution is 2.39. The third-order valence-corrected chi connectivity index (χ3v) is 7.09. The summed E-state index contributed by atoms with van der Waals surface area (Å²) in [5, 5.41) is 19.4. The van der Waals surface area contributed by atoms with Crippen LogP contribution in [0.4, 0.5) is 4.79 Å². The van der Waals surface area contributed by atoms with Crippen molar-refractivity contribution in [2.75, 3.05) is 0 Å². The fourth-order valence-corrected chi connectivity index (χ4v) is 5.28. The molecule has 7 heteroatoms. The third-order valence-electron chi connectivity index (χ3n) is 6.22. The third kappa shape index (κ3) is 3.33. The smallest absolute Gasteiger partial charge is 0.319 e. The van der Waals surface area contributed by atoms with E-state index in [2.05, 4.69) is 45.5 Å². The predicted octanol–water partition coefficient (Wildman–Crippen LogP) is 5.29. The molecule has 3 aromatic rings. The molecule has 2 amide bonds. The van der Waals surface area contributed by atoms with Crippen molar-refractivity contribution >= 4 is 39.4 Å². The van der Waals surface area contributed by atoms with Crippen molar-refractivity contribution in [1.82, 2.24) is 20.2 Å². The van der Waals surface area contributed by atoms with Crippen molar-refractivity contribution in [2.45, 2.75) is 26.3 Å². The SMILES string of the molecule is CC1=C(c2nc(C3=CCC(C)(C#N)C=C3)cs2)C(c2cc3ccccc3n2C)NC(=O)N1. The largest absolute Gasteiger partial charge is 0.345 e. The van der Waals surface area contributed by atoms with Crippen molar-refractivity contribution in [3.05, 3.63) is 76.0 Å². The molecule has 2 atom stereocenters. The molecule has 1 aliphatic carbocycles. The van der Waals surface area contributed by atoms with Crippen molar-refractivity contribution in [2.24, 2.45) is 12.5 Å². The molecular formula is C25H23N5OS. The van der Waals surface area contributed by atoms with Crippen molar-refractivity contribution in [1.29, 1.82) is 5.26 Å². The number of hydrogen-bond acceptors (Lipinski definition) is 4. The van der Waals surface area contributed by atoms with Gasteiger partial charge in [0.05, 0.1) is 17.2 Å². The number of aryl methyl sites for hydroxylation is 1. The van der Waals surface area contributed by atoms with E-state index in [-0.39, 0.29) is 12.1 Å². The molecule has 0 saturated carbocycles. The number of hydrogen-bond donors (Lipinski definition) is 2. The second-order valence-corrected chi connectivity index (χ2v) is 9.38. The standard InChI is InChI=1S/C25H23N5OS/c1-15-21(23-28-18(13-32-23)16-8-10-25(2,14-26)11-9-16)22(29-24(31)27-15)20-12-17-6-4-5-7-19(17)30(20)3/h4-10,12-13,22H,11H2,1-3H3,(H2,27,29,31). The number of amides is 2. The molecule has 160 valence electrons. The molecule has 1 aromatic carbocycles. The van der Waals surface area contributed by atoms with Crippen LogP contribution in [0.25, 0.3) is 22.0 Å². The van der Waals surface area contributed by atoms with Gasteiger partial charge in [0.25, 0.3) is 0 Å². The number of benzene rings is 1. The molecule has 0 bridgehead atoms. The van der Waals surface area contributed by atoms with Crippen molar-refractivity contribution in [3.8, 4) is 6.07 Å². The Kier molecular flexibility index (Phi) is 4.75. The minimum absolute atomic E-state index is 0.216. The summed E-state index contributed by atoms with van der Waals surface area (Å²) in [5.74, 6) is 0. The Balaban J connectivity index is 1.55. The van der Waals surface area contributed by atoms with E-state index < -0.39 is 5.41 Å². The number of thiazole rings is 1. The fraction of sp³-hybridized carbons (Fsp3) is 0.240. The summed E-state index contributed by atoms with van der Waals surface area (Å²) >= 11 is 1.56. The number of nitrogens with zero attached hydrogens (tertiary/aromatic N) is 3. The number of fused-ring (bicyclic) bond motifs is 1. The molecule has 0 saturated heterocycles. The van der Waals surface area contributed by atoms with Gasteiger partial charge >= 0.3 is 6.03 Å². The molecule has 5 rings (SSSR count). The zero-order valence-electron chi connectivity index (χ0n) is 18.1. The van der Waals surface area contributed by atoms with E-state index in [1.165, 1.54) is 0 Å². The number of aromatic nitrogens is 2. The van der Waals surface area contributed by atoms with Crippen LogP contribution >= 0.6 is 11.3 Å². The molecule has 32 heavy (non-hydrogen) atoms. The molecule has 1 aliphatic heterocycles. The molecule has 2 N–H and O–H groups in total. The number of rotatable bonds is 3. The Morgan fingerprint density at radius 1 is 1.34 bits per heavy atom. The maximum Gasteiger partial charge on any atom is 0.319 e. The number of urea groups is 1. The number of para-hydroxylation sites is 1. The number of allylic oxidation sites excluding steroid dienone is 5. The fourth-order valence-electron chi connectivity index (χ4n) is 4.32. The summed E-state index contributed by atoms with van der Waals surface area (Å²) in [6, 6.07) is 12.2. The summed E-state index contributed by atoms with van der Waals surface area (Å²) in [4.78, 5) is 17.3. The summed E-state index contributed by atoms with van der Waals surface area (Å²) < 4.78 is 2.13. The van der Waals surface area contributed by atoms with Gasteiger partial charge in [-0.05, 0) is 43.4 Å². The Bertz CT molecular complexity index is 1380. The van der Waals surface area contributed by atoms with E-state index in [0.29, 0.717) is 6.42 Å². The van der Waals surface area contributed by atoms with Gasteiger partial charge in [-0.3, -0.25) is 0 Å². The Labute approximate surface area is 190 Å². The Hall–Kier alpha value is -3.63. The molecule has 2 aliphatic rings. The Morgan fingerprint density at radius 2 is 2.16 bits per heavy atom. The van der Waals surface area contributed by atoms with Crippen LogP contribution in [-0.2, 0) is 7.05 Å². The van der Waals surface area contributed by atoms with Gasteiger partial charge in [-0.25, -0.2) is 9.78 Å². The molecule has 0 radical (unpaired) electrons. The quantitative estimate of drug-likeness (QED) is 0.579. The van der Waals surface area contributed by atoms with Gasteiger partial charge in [-0.15, -0.1) is 11.3 Å². The van der Waals surface area contributed by atoms with Gasteiger partial charge in [0.1, 0.15) is 11.0 Å². The van der Waals surface area contributed by atoms with Crippen LogP contribution in [0.2, 0.25) is 0 Å². The van der Waals surface area contributed by atoms with Crippen molar-refractivity contribution < 1.29 is 4.79 Å². The second-order valence-electron chi connectivity index (χ2n) is 8.52. The number of carbonyl (C=O) groups excluding carboxylic acids is 1. The van der Waals surface area contributed by atoms with Crippen LogP contribution in [0.15, 0.2) is 59.6 Å². The van der Waals surface area contributed by atoms with Gasteiger partial charge in [0.15, 0.2) is 0 Å². The second kappa shape index (κ2) is 7.50. The topological polar surface area (TPSA) is 82.7 Å². The summed E-state index contributed by atoms with van der Waals surface area (Å²) in [6.07, 6.45) is 6.67. The highest BCUT2D eigenvalue weighted by atomic mass is 32.1. The van der Waals surface area contributed by atoms with E-state index in [0.717, 1.165) is 44.1 Å². The van der Waals surface area contributed by atoms with E-state index in [9.17, 15) is 10.1 Å². The van der Waals surface area contributed by atoms with E-state index >= 15 is 0 Å². The summed E-state index contributed by atoms with van der Waals surface area (Å²) in [6.45, 7) is 3.85. The summed E-state index contributed by atoms with van der Waals surface area (Å²) in [7, 11) is 2.02. The lowest BCUT2D eigenvalue weighted by atomic mass is 9.83. The first-order chi connectivity index (χ1) is 15.4. The van der Waals surface area contributed by atoms with Crippen molar-refractivity contribution in [3.63, 3.8) is 0 Å². The zero-order valence-corrected chi connectivity index (χ0v) is 19.0. The van der Waals surface area contributed by atoms with Crippen LogP contribution in [-0.4, -0.2) is 15.6 Å². The van der Waals surface area contributed by atoms with Gasteiger partial charge in [-0.2, -0.15) is 5.26 Å². The van der Waals surface area contributed by atoms with Crippen LogP contribution in [0, 0.1) is 16.7 Å². The molecular weight excluding hydrogens is 418 g/mol. The lowest BCUT2D eigenvalue weighted by Crippen LogP contribution is -2.43. The maximum absolute atomic E-state index is 12.4. The number of nitriles is 1. The lowest BCUT2D eigenvalue weighted by molar-refractivity contribution is 0.240. The van der Waals surface area contributed by atoms with Crippen LogP contribution < -0.4 is 10.6 Å². The van der Waals surface area contributed by atoms with Gasteiger partial charge in [0, 0.05) is 34.9 Å². The highest BCUT2D eigenvalue weighted by Gasteiger charge is 2.32. The molecule has 0 fully saturated rings. The molecule has 3 heterocycles. The van der Waals surface area contributed by atoms with Crippen LogP contribution in [0.3, 0.4) is 0 Å². The summed E-state index contributed by atoms with van der Waals surface area (Å²) in [5.41, 5.74) is 5.34. The first-order valence-corrected chi connectivity index (χ1v) is 11.4. The average Bonchev–Trinajstić information content (AvgIpc) is 3.39. The van der Waals surface area contributed by atoms with Gasteiger partial charge in [-0.1, -0.05) is 36.4 Å². The van der Waals surface area contributed by atoms with E-state index in [1.54, 1.807) is 11.3 Å². The molecule has 0 spiro atoms. The number of carbonyl (C=O) groups is 1. The highest BCUT2D eigenvalue weighted by molar-refractivity contribution is 7.11. The first kappa shape index (κ1) is 20.3. The van der Waals surface area contributed by atoms with Gasteiger partial charge in [0.2, 0.25) is 0 Å². The zero-order chi connectivity index (χ0) is 22.5. The van der Waals surface area contributed by atoms with Crippen LogP contribution in [0.1, 0.15) is 42.7 Å². The first-order valence-electron chi connectivity index (χ1n) is 10.5. The molecule has 6 nitrogen and oxygen atoms in total. The number of nitrogens with one attached hydrogen (secondary N) is 2. The molecule has 2 aromatic heterocycles. The molecule has 2 unspecified atom stereocenters. The predicted molar refractivity (Wildman–Crippen MR) is 127 cm³/mol. The normalized spacial score (nSPS) is 23.0. The monoisotopic (exact) mass is 441 g/mol. The average molecular weight is 442 g/mol. The lowest BCUT2D eigenvalue weighted by Gasteiger charge is -2.28. The van der Waals surface area contributed by atoms with E-state index in [1.807, 2.05) is 50.6 Å². The van der Waals surface area contributed by atoms with E-state index in [4.69, 9.17) is 4.98 Å². The minimum atomic E-state index is -0.460. The minimum Gasteiger partial charge on any atom is -0.345 e. The maximum atomic E-state index is 12.4.